The second-order valence-corrected chi connectivity index (χ2v) is 5.60. The lowest BCUT2D eigenvalue weighted by molar-refractivity contribution is -0.119. The third-order valence-electron chi connectivity index (χ3n) is 3.67. The van der Waals surface area contributed by atoms with E-state index >= 15 is 0 Å². The molecule has 2 aromatic carbocycles. The zero-order valence-corrected chi connectivity index (χ0v) is 14.5. The maximum absolute atomic E-state index is 12.0. The van der Waals surface area contributed by atoms with Crippen molar-refractivity contribution in [3.8, 4) is 5.75 Å². The van der Waals surface area contributed by atoms with E-state index in [9.17, 15) is 4.79 Å². The predicted octanol–water partition coefficient (Wildman–Crippen LogP) is 3.26. The second-order valence-electron chi connectivity index (χ2n) is 5.60. The molecule has 0 aliphatic heterocycles. The summed E-state index contributed by atoms with van der Waals surface area (Å²) in [5.74, 6) is 0.477. The first-order valence-corrected chi connectivity index (χ1v) is 7.79. The fourth-order valence-electron chi connectivity index (χ4n) is 2.43. The Hall–Kier alpha value is -2.82. The number of carbonyl (C=O) groups excluding carboxylic acids is 1. The van der Waals surface area contributed by atoms with Gasteiger partial charge in [0, 0.05) is 5.56 Å². The zero-order valence-electron chi connectivity index (χ0n) is 14.5. The highest BCUT2D eigenvalue weighted by Crippen LogP contribution is 2.22. The first kappa shape index (κ1) is 17.5. The van der Waals surface area contributed by atoms with Crippen molar-refractivity contribution >= 4 is 17.3 Å². The van der Waals surface area contributed by atoms with E-state index in [4.69, 9.17) is 4.74 Å². The number of rotatable bonds is 6. The topological polar surface area (TPSA) is 62.7 Å². The number of hydrazone groups is 1. The molecule has 2 aromatic rings. The molecule has 0 spiro atoms. The van der Waals surface area contributed by atoms with Crippen molar-refractivity contribution in [2.24, 2.45) is 5.10 Å². The number of carbonyl (C=O) groups is 1. The van der Waals surface area contributed by atoms with E-state index in [1.165, 1.54) is 5.56 Å². The summed E-state index contributed by atoms with van der Waals surface area (Å²) in [5, 5.41) is 7.23. The maximum Gasteiger partial charge on any atom is 0.259 e. The molecule has 0 aromatic heterocycles. The minimum absolute atomic E-state index is 0.115. The molecular weight excluding hydrogens is 302 g/mol. The van der Waals surface area contributed by atoms with Crippen molar-refractivity contribution < 1.29 is 9.53 Å². The van der Waals surface area contributed by atoms with Crippen LogP contribution in [0.3, 0.4) is 0 Å². The number of para-hydroxylation sites is 2. The standard InChI is InChI=1S/C19H23N3O2/c1-13-9-10-16(14(2)11-13)15(3)21-22-19(23)12-20-17-7-5-6-8-18(17)24-4/h5-11,20H,12H2,1-4H3,(H,22,23)/b21-15-. The Labute approximate surface area is 142 Å². The Morgan fingerprint density at radius 3 is 2.62 bits per heavy atom. The first-order chi connectivity index (χ1) is 11.5. The number of anilines is 1. The summed E-state index contributed by atoms with van der Waals surface area (Å²) in [4.78, 5) is 12.0. The van der Waals surface area contributed by atoms with E-state index in [2.05, 4.69) is 28.8 Å². The summed E-state index contributed by atoms with van der Waals surface area (Å²) in [6.07, 6.45) is 0. The number of methoxy groups -OCH3 is 1. The number of aryl methyl sites for hydroxylation is 2. The Kier molecular flexibility index (Phi) is 5.95. The van der Waals surface area contributed by atoms with E-state index in [1.54, 1.807) is 7.11 Å². The van der Waals surface area contributed by atoms with Crippen LogP contribution in [0.5, 0.6) is 5.75 Å². The number of hydrogen-bond donors (Lipinski definition) is 2. The van der Waals surface area contributed by atoms with Crippen LogP contribution < -0.4 is 15.5 Å². The summed E-state index contributed by atoms with van der Waals surface area (Å²) >= 11 is 0. The molecule has 2 rings (SSSR count). The molecular formula is C19H23N3O2. The lowest BCUT2D eigenvalue weighted by Gasteiger charge is -2.10. The van der Waals surface area contributed by atoms with Crippen molar-refractivity contribution in [1.82, 2.24) is 5.43 Å². The van der Waals surface area contributed by atoms with Crippen LogP contribution in [0.4, 0.5) is 5.69 Å². The average molecular weight is 325 g/mol. The van der Waals surface area contributed by atoms with Gasteiger partial charge in [-0.15, -0.1) is 0 Å². The number of benzene rings is 2. The van der Waals surface area contributed by atoms with Crippen LogP contribution in [-0.2, 0) is 4.79 Å². The van der Waals surface area contributed by atoms with E-state index < -0.39 is 0 Å². The molecule has 0 saturated heterocycles. The van der Waals surface area contributed by atoms with Gasteiger partial charge in [-0.1, -0.05) is 35.9 Å². The fraction of sp³-hybridized carbons (Fsp3) is 0.263. The lowest BCUT2D eigenvalue weighted by Crippen LogP contribution is -2.27. The summed E-state index contributed by atoms with van der Waals surface area (Å²) < 4.78 is 5.23. The molecule has 2 N–H and O–H groups in total. The van der Waals surface area contributed by atoms with Gasteiger partial charge >= 0.3 is 0 Å². The van der Waals surface area contributed by atoms with Gasteiger partial charge in [0.25, 0.3) is 5.91 Å². The third-order valence-corrected chi connectivity index (χ3v) is 3.67. The monoisotopic (exact) mass is 325 g/mol. The van der Waals surface area contributed by atoms with Crippen LogP contribution in [0.1, 0.15) is 23.6 Å². The molecule has 126 valence electrons. The van der Waals surface area contributed by atoms with Crippen molar-refractivity contribution in [2.45, 2.75) is 20.8 Å². The predicted molar refractivity (Wildman–Crippen MR) is 97.8 cm³/mol. The SMILES string of the molecule is COc1ccccc1NCC(=O)N/N=C(/C)c1ccc(C)cc1C. The number of amides is 1. The summed E-state index contributed by atoms with van der Waals surface area (Å²) in [5.41, 5.74) is 7.49. The van der Waals surface area contributed by atoms with Crippen LogP contribution in [0.25, 0.3) is 0 Å². The van der Waals surface area contributed by atoms with E-state index in [0.29, 0.717) is 5.75 Å². The molecule has 0 saturated carbocycles. The Morgan fingerprint density at radius 2 is 1.92 bits per heavy atom. The molecule has 0 aliphatic rings. The van der Waals surface area contributed by atoms with Gasteiger partial charge < -0.3 is 10.1 Å². The number of hydrogen-bond acceptors (Lipinski definition) is 4. The van der Waals surface area contributed by atoms with Gasteiger partial charge in [-0.2, -0.15) is 5.10 Å². The zero-order chi connectivity index (χ0) is 17.5. The fourth-order valence-corrected chi connectivity index (χ4v) is 2.43. The van der Waals surface area contributed by atoms with Gasteiger partial charge in [-0.25, -0.2) is 5.43 Å². The van der Waals surface area contributed by atoms with Gasteiger partial charge in [0.1, 0.15) is 5.75 Å². The molecule has 0 unspecified atom stereocenters. The van der Waals surface area contributed by atoms with Crippen LogP contribution in [0.2, 0.25) is 0 Å². The molecule has 0 atom stereocenters. The maximum atomic E-state index is 12.0. The van der Waals surface area contributed by atoms with Crippen molar-refractivity contribution in [3.05, 3.63) is 59.2 Å². The highest BCUT2D eigenvalue weighted by molar-refractivity contribution is 6.00. The lowest BCUT2D eigenvalue weighted by atomic mass is 10.0. The van der Waals surface area contributed by atoms with Gasteiger partial charge in [-0.05, 0) is 38.5 Å². The Morgan fingerprint density at radius 1 is 1.17 bits per heavy atom. The molecule has 0 aliphatic carbocycles. The largest absolute Gasteiger partial charge is 0.495 e. The molecule has 5 nitrogen and oxygen atoms in total. The molecule has 0 heterocycles. The number of nitrogens with one attached hydrogen (secondary N) is 2. The van der Waals surface area contributed by atoms with Gasteiger partial charge in [0.15, 0.2) is 0 Å². The van der Waals surface area contributed by atoms with Gasteiger partial charge in [0.05, 0.1) is 25.1 Å². The third kappa shape index (κ3) is 4.59. The van der Waals surface area contributed by atoms with E-state index in [0.717, 1.165) is 22.5 Å². The molecule has 0 fully saturated rings. The minimum atomic E-state index is -0.218. The van der Waals surface area contributed by atoms with Crippen molar-refractivity contribution in [2.75, 3.05) is 19.0 Å². The van der Waals surface area contributed by atoms with Crippen molar-refractivity contribution in [1.29, 1.82) is 0 Å². The van der Waals surface area contributed by atoms with Crippen molar-refractivity contribution in [3.63, 3.8) is 0 Å². The van der Waals surface area contributed by atoms with Crippen LogP contribution in [-0.4, -0.2) is 25.3 Å². The summed E-state index contributed by atoms with van der Waals surface area (Å²) in [7, 11) is 1.60. The normalized spacial score (nSPS) is 11.1. The molecule has 0 bridgehead atoms. The minimum Gasteiger partial charge on any atom is -0.495 e. The van der Waals surface area contributed by atoms with Crippen LogP contribution in [0.15, 0.2) is 47.6 Å². The van der Waals surface area contributed by atoms with Gasteiger partial charge in [0.2, 0.25) is 0 Å². The average Bonchev–Trinajstić information content (AvgIpc) is 2.58. The first-order valence-electron chi connectivity index (χ1n) is 7.79. The molecule has 24 heavy (non-hydrogen) atoms. The van der Waals surface area contributed by atoms with E-state index in [-0.39, 0.29) is 12.5 Å². The highest BCUT2D eigenvalue weighted by Gasteiger charge is 2.06. The molecule has 5 heteroatoms. The second kappa shape index (κ2) is 8.15. The number of ether oxygens (including phenoxy) is 1. The van der Waals surface area contributed by atoms with Crippen LogP contribution in [0, 0.1) is 13.8 Å². The summed E-state index contributed by atoms with van der Waals surface area (Å²) in [6, 6.07) is 13.6. The molecule has 1 amide bonds. The number of nitrogens with zero attached hydrogens (tertiary/aromatic N) is 1. The Bertz CT molecular complexity index is 754. The molecule has 0 radical (unpaired) electrons. The van der Waals surface area contributed by atoms with E-state index in [1.807, 2.05) is 50.2 Å². The Balaban J connectivity index is 1.94. The van der Waals surface area contributed by atoms with Gasteiger partial charge in [-0.3, -0.25) is 4.79 Å². The quantitative estimate of drug-likeness (QED) is 0.633. The highest BCUT2D eigenvalue weighted by atomic mass is 16.5. The van der Waals surface area contributed by atoms with Crippen LogP contribution >= 0.6 is 0 Å². The summed E-state index contributed by atoms with van der Waals surface area (Å²) in [6.45, 7) is 6.08. The smallest absolute Gasteiger partial charge is 0.259 e.